The first-order valence-corrected chi connectivity index (χ1v) is 9.96. The summed E-state index contributed by atoms with van der Waals surface area (Å²) in [5.41, 5.74) is 9.84. The molecule has 3 aromatic rings. The number of nitrogens with zero attached hydrogens (tertiary/aromatic N) is 1. The first kappa shape index (κ1) is 19.3. The summed E-state index contributed by atoms with van der Waals surface area (Å²) >= 11 is 0. The van der Waals surface area contributed by atoms with E-state index in [9.17, 15) is 0 Å². The van der Waals surface area contributed by atoms with E-state index in [2.05, 4.69) is 29.2 Å². The van der Waals surface area contributed by atoms with Crippen molar-refractivity contribution in [2.75, 3.05) is 13.4 Å². The minimum atomic E-state index is -0.530. The zero-order valence-corrected chi connectivity index (χ0v) is 16.6. The Morgan fingerprint density at radius 2 is 1.83 bits per heavy atom. The number of pyridine rings is 1. The molecule has 2 N–H and O–H groups in total. The predicted octanol–water partition coefficient (Wildman–Crippen LogP) is 4.24. The van der Waals surface area contributed by atoms with Gasteiger partial charge >= 0.3 is 0 Å². The van der Waals surface area contributed by atoms with Crippen LogP contribution in [0.3, 0.4) is 0 Å². The Morgan fingerprint density at radius 1 is 1.03 bits per heavy atom. The average Bonchev–Trinajstić information content (AvgIpc) is 3.22. The summed E-state index contributed by atoms with van der Waals surface area (Å²) in [6, 6.07) is 18.3. The maximum absolute atomic E-state index is 6.98. The quantitative estimate of drug-likeness (QED) is 0.623. The van der Waals surface area contributed by atoms with E-state index in [1.807, 2.05) is 43.5 Å². The third-order valence-corrected chi connectivity index (χ3v) is 5.29. The first-order valence-electron chi connectivity index (χ1n) is 9.96. The van der Waals surface area contributed by atoms with Crippen LogP contribution in [-0.4, -0.2) is 18.4 Å². The molecule has 0 saturated heterocycles. The van der Waals surface area contributed by atoms with Crippen molar-refractivity contribution >= 4 is 0 Å². The molecule has 29 heavy (non-hydrogen) atoms. The number of nitrogens with two attached hydrogens (primary N) is 1. The van der Waals surface area contributed by atoms with Crippen LogP contribution in [0.25, 0.3) is 0 Å². The molecule has 0 aliphatic carbocycles. The molecule has 0 radical (unpaired) electrons. The van der Waals surface area contributed by atoms with Gasteiger partial charge < -0.3 is 19.9 Å². The molecular formula is C24H26N2O3. The Labute approximate surface area is 171 Å². The van der Waals surface area contributed by atoms with Gasteiger partial charge in [-0.25, -0.2) is 0 Å². The maximum Gasteiger partial charge on any atom is 0.231 e. The van der Waals surface area contributed by atoms with Crippen LogP contribution in [0.5, 0.6) is 17.2 Å². The third-order valence-electron chi connectivity index (χ3n) is 5.29. The van der Waals surface area contributed by atoms with Gasteiger partial charge in [-0.2, -0.15) is 0 Å². The molecule has 0 saturated carbocycles. The fourth-order valence-corrected chi connectivity index (χ4v) is 3.69. The second-order valence-corrected chi connectivity index (χ2v) is 7.34. The molecule has 0 spiro atoms. The standard InChI is InChI=1S/C24H26N2O3/c1-2-27-21-8-5-19(6-9-21)15-24(25,20-4-3-13-26-16-20)12-11-18-7-10-22-23(14-18)29-17-28-22/h3-10,13-14,16H,2,11-12,15,17,25H2,1H3. The summed E-state index contributed by atoms with van der Waals surface area (Å²) in [6.45, 7) is 2.93. The zero-order chi connectivity index (χ0) is 20.1. The molecule has 0 amide bonds. The van der Waals surface area contributed by atoms with E-state index in [1.54, 1.807) is 6.20 Å². The number of aryl methyl sites for hydroxylation is 1. The second kappa shape index (κ2) is 8.53. The molecule has 1 unspecified atom stereocenters. The van der Waals surface area contributed by atoms with Crippen molar-refractivity contribution in [3.05, 3.63) is 83.7 Å². The molecule has 2 aromatic carbocycles. The lowest BCUT2D eigenvalue weighted by Gasteiger charge is -2.30. The van der Waals surface area contributed by atoms with Crippen molar-refractivity contribution in [2.24, 2.45) is 5.73 Å². The molecule has 5 heteroatoms. The predicted molar refractivity (Wildman–Crippen MR) is 112 cm³/mol. The molecule has 0 fully saturated rings. The van der Waals surface area contributed by atoms with Crippen LogP contribution in [0, 0.1) is 0 Å². The van der Waals surface area contributed by atoms with Crippen LogP contribution in [0.1, 0.15) is 30.0 Å². The molecule has 4 rings (SSSR count). The minimum Gasteiger partial charge on any atom is -0.494 e. The van der Waals surface area contributed by atoms with Crippen LogP contribution in [0.2, 0.25) is 0 Å². The monoisotopic (exact) mass is 390 g/mol. The zero-order valence-electron chi connectivity index (χ0n) is 16.6. The second-order valence-electron chi connectivity index (χ2n) is 7.34. The van der Waals surface area contributed by atoms with E-state index in [4.69, 9.17) is 19.9 Å². The third kappa shape index (κ3) is 4.51. The smallest absolute Gasteiger partial charge is 0.231 e. The molecule has 0 bridgehead atoms. The topological polar surface area (TPSA) is 66.6 Å². The Kier molecular flexibility index (Phi) is 5.67. The molecule has 1 atom stereocenters. The summed E-state index contributed by atoms with van der Waals surface area (Å²) in [4.78, 5) is 4.30. The van der Waals surface area contributed by atoms with E-state index < -0.39 is 5.54 Å². The van der Waals surface area contributed by atoms with Gasteiger partial charge in [-0.05, 0) is 73.2 Å². The lowest BCUT2D eigenvalue weighted by atomic mass is 9.81. The largest absolute Gasteiger partial charge is 0.494 e. The van der Waals surface area contributed by atoms with Crippen LogP contribution in [0.15, 0.2) is 67.0 Å². The van der Waals surface area contributed by atoms with Crippen LogP contribution in [-0.2, 0) is 18.4 Å². The van der Waals surface area contributed by atoms with Crippen LogP contribution < -0.4 is 19.9 Å². The molecular weight excluding hydrogens is 364 g/mol. The normalized spacial score (nSPS) is 14.4. The van der Waals surface area contributed by atoms with Gasteiger partial charge in [0.05, 0.1) is 6.61 Å². The van der Waals surface area contributed by atoms with Gasteiger partial charge in [0.2, 0.25) is 6.79 Å². The van der Waals surface area contributed by atoms with Crippen molar-refractivity contribution in [3.63, 3.8) is 0 Å². The van der Waals surface area contributed by atoms with Crippen molar-refractivity contribution in [1.29, 1.82) is 0 Å². The van der Waals surface area contributed by atoms with Gasteiger partial charge in [-0.15, -0.1) is 0 Å². The highest BCUT2D eigenvalue weighted by Gasteiger charge is 2.28. The Morgan fingerprint density at radius 3 is 2.59 bits per heavy atom. The van der Waals surface area contributed by atoms with Crippen molar-refractivity contribution in [1.82, 2.24) is 4.98 Å². The Bertz CT molecular complexity index is 944. The first-order chi connectivity index (χ1) is 14.2. The molecule has 150 valence electrons. The number of fused-ring (bicyclic) bond motifs is 1. The molecule has 1 aliphatic heterocycles. The average molecular weight is 390 g/mol. The lowest BCUT2D eigenvalue weighted by Crippen LogP contribution is -2.39. The van der Waals surface area contributed by atoms with Crippen molar-refractivity contribution in [3.8, 4) is 17.2 Å². The summed E-state index contributed by atoms with van der Waals surface area (Å²) in [5.74, 6) is 2.48. The number of benzene rings is 2. The Balaban J connectivity index is 1.54. The van der Waals surface area contributed by atoms with E-state index in [-0.39, 0.29) is 6.79 Å². The Hall–Kier alpha value is -3.05. The summed E-state index contributed by atoms with van der Waals surface area (Å²) in [7, 11) is 0. The lowest BCUT2D eigenvalue weighted by molar-refractivity contribution is 0.174. The molecule has 1 aromatic heterocycles. The number of rotatable bonds is 8. The fraction of sp³-hybridized carbons (Fsp3) is 0.292. The van der Waals surface area contributed by atoms with Gasteiger partial charge in [0.25, 0.3) is 0 Å². The SMILES string of the molecule is CCOc1ccc(CC(N)(CCc2ccc3c(c2)OCO3)c2cccnc2)cc1. The summed E-state index contributed by atoms with van der Waals surface area (Å²) in [5, 5.41) is 0. The summed E-state index contributed by atoms with van der Waals surface area (Å²) in [6.07, 6.45) is 5.98. The number of hydrogen-bond donors (Lipinski definition) is 1. The van der Waals surface area contributed by atoms with Gasteiger partial charge in [0.15, 0.2) is 11.5 Å². The molecule has 5 nitrogen and oxygen atoms in total. The highest BCUT2D eigenvalue weighted by atomic mass is 16.7. The molecule has 1 aliphatic rings. The van der Waals surface area contributed by atoms with Gasteiger partial charge in [-0.3, -0.25) is 4.98 Å². The van der Waals surface area contributed by atoms with E-state index in [0.717, 1.165) is 42.1 Å². The highest BCUT2D eigenvalue weighted by molar-refractivity contribution is 5.44. The number of aromatic nitrogens is 1. The number of hydrogen-bond acceptors (Lipinski definition) is 5. The van der Waals surface area contributed by atoms with E-state index >= 15 is 0 Å². The van der Waals surface area contributed by atoms with Gasteiger partial charge in [0.1, 0.15) is 5.75 Å². The maximum atomic E-state index is 6.98. The van der Waals surface area contributed by atoms with Crippen molar-refractivity contribution < 1.29 is 14.2 Å². The van der Waals surface area contributed by atoms with Crippen molar-refractivity contribution in [2.45, 2.75) is 31.7 Å². The minimum absolute atomic E-state index is 0.285. The number of ether oxygens (including phenoxy) is 3. The van der Waals surface area contributed by atoms with E-state index in [0.29, 0.717) is 6.61 Å². The van der Waals surface area contributed by atoms with Gasteiger partial charge in [-0.1, -0.05) is 24.3 Å². The van der Waals surface area contributed by atoms with Gasteiger partial charge in [0, 0.05) is 17.9 Å². The fourth-order valence-electron chi connectivity index (χ4n) is 3.69. The summed E-state index contributed by atoms with van der Waals surface area (Å²) < 4.78 is 16.5. The molecule has 2 heterocycles. The van der Waals surface area contributed by atoms with Crippen LogP contribution in [0.4, 0.5) is 0 Å². The van der Waals surface area contributed by atoms with E-state index in [1.165, 1.54) is 11.1 Å². The van der Waals surface area contributed by atoms with Crippen LogP contribution >= 0.6 is 0 Å². The highest BCUT2D eigenvalue weighted by Crippen LogP contribution is 2.34.